The highest BCUT2D eigenvalue weighted by Crippen LogP contribution is 2.61. The maximum absolute atomic E-state index is 6.57. The molecule has 3 aromatic carbocycles. The summed E-state index contributed by atoms with van der Waals surface area (Å²) in [5.41, 5.74) is 5.95. The van der Waals surface area contributed by atoms with Crippen molar-refractivity contribution in [1.29, 1.82) is 0 Å². The first-order chi connectivity index (χ1) is 16.7. The topological polar surface area (TPSA) is 18.5 Å². The Hall–Kier alpha value is -2.58. The fourth-order valence-corrected chi connectivity index (χ4v) is 7.39. The quantitative estimate of drug-likeness (QED) is 0.381. The van der Waals surface area contributed by atoms with Crippen molar-refractivity contribution in [3.63, 3.8) is 0 Å². The predicted octanol–water partition coefficient (Wildman–Crippen LogP) is 7.71. The molecule has 0 N–H and O–H groups in total. The average molecular weight is 453 g/mol. The van der Waals surface area contributed by atoms with E-state index < -0.39 is 0 Å². The van der Waals surface area contributed by atoms with Crippen LogP contribution in [-0.4, -0.2) is 6.10 Å². The van der Waals surface area contributed by atoms with Gasteiger partial charge in [0.2, 0.25) is 0 Å². The minimum atomic E-state index is 0.326. The highest BCUT2D eigenvalue weighted by molar-refractivity contribution is 5.41. The van der Waals surface area contributed by atoms with Crippen molar-refractivity contribution in [2.24, 2.45) is 17.3 Å². The van der Waals surface area contributed by atoms with Crippen LogP contribution in [0.25, 0.3) is 0 Å². The van der Waals surface area contributed by atoms with Crippen molar-refractivity contribution >= 4 is 0 Å². The molecule has 0 aromatic heterocycles. The van der Waals surface area contributed by atoms with Crippen molar-refractivity contribution < 1.29 is 9.47 Å². The summed E-state index contributed by atoms with van der Waals surface area (Å²) in [6, 6.07) is 28.0. The maximum Gasteiger partial charge on any atom is 0.120 e. The molecule has 34 heavy (non-hydrogen) atoms. The van der Waals surface area contributed by atoms with Gasteiger partial charge in [-0.25, -0.2) is 0 Å². The van der Waals surface area contributed by atoms with Crippen molar-refractivity contribution in [1.82, 2.24) is 0 Å². The number of benzene rings is 3. The molecule has 0 unspecified atom stereocenters. The largest absolute Gasteiger partial charge is 0.489 e. The van der Waals surface area contributed by atoms with Gasteiger partial charge in [0.25, 0.3) is 0 Å². The normalized spacial score (nSPS) is 29.7. The summed E-state index contributed by atoms with van der Waals surface area (Å²) in [4.78, 5) is 0. The van der Waals surface area contributed by atoms with Crippen molar-refractivity contribution in [2.45, 2.75) is 70.7 Å². The van der Waals surface area contributed by atoms with E-state index in [1.54, 1.807) is 5.56 Å². The molecule has 0 heterocycles. The van der Waals surface area contributed by atoms with Crippen LogP contribution in [0, 0.1) is 17.3 Å². The zero-order valence-electron chi connectivity index (χ0n) is 20.3. The Morgan fingerprint density at radius 1 is 0.794 bits per heavy atom. The van der Waals surface area contributed by atoms with Crippen LogP contribution in [0.3, 0.4) is 0 Å². The van der Waals surface area contributed by atoms with Gasteiger partial charge in [-0.3, -0.25) is 0 Å². The molecule has 6 rings (SSSR count). The lowest BCUT2D eigenvalue weighted by molar-refractivity contribution is -0.0707. The molecule has 5 atom stereocenters. The zero-order valence-corrected chi connectivity index (χ0v) is 20.3. The van der Waals surface area contributed by atoms with Crippen molar-refractivity contribution in [3.05, 3.63) is 101 Å². The molecule has 3 aromatic rings. The minimum Gasteiger partial charge on any atom is -0.489 e. The summed E-state index contributed by atoms with van der Waals surface area (Å²) in [6.45, 7) is 3.92. The van der Waals surface area contributed by atoms with Gasteiger partial charge >= 0.3 is 0 Å². The van der Waals surface area contributed by atoms with Gasteiger partial charge in [0.1, 0.15) is 12.4 Å². The predicted molar refractivity (Wildman–Crippen MR) is 137 cm³/mol. The van der Waals surface area contributed by atoms with E-state index in [0.29, 0.717) is 24.0 Å². The van der Waals surface area contributed by atoms with Gasteiger partial charge in [0, 0.05) is 0 Å². The lowest BCUT2D eigenvalue weighted by Gasteiger charge is -2.50. The molecule has 0 spiro atoms. The Balaban J connectivity index is 1.14. The molecule has 3 aliphatic carbocycles. The maximum atomic E-state index is 6.57. The molecule has 0 bridgehead atoms. The van der Waals surface area contributed by atoms with Gasteiger partial charge < -0.3 is 9.47 Å². The summed E-state index contributed by atoms with van der Waals surface area (Å²) in [5.74, 6) is 3.30. The molecular weight excluding hydrogens is 416 g/mol. The second kappa shape index (κ2) is 9.23. The van der Waals surface area contributed by atoms with E-state index in [2.05, 4.69) is 85.8 Å². The van der Waals surface area contributed by atoms with Gasteiger partial charge in [0.15, 0.2) is 0 Å². The lowest BCUT2D eigenvalue weighted by atomic mass is 9.55. The molecule has 2 saturated carbocycles. The number of rotatable bonds is 6. The summed E-state index contributed by atoms with van der Waals surface area (Å²) < 4.78 is 12.7. The first kappa shape index (κ1) is 21.9. The molecule has 0 radical (unpaired) electrons. The summed E-state index contributed by atoms with van der Waals surface area (Å²) >= 11 is 0. The summed E-state index contributed by atoms with van der Waals surface area (Å²) in [5, 5.41) is 0. The second-order valence-corrected chi connectivity index (χ2v) is 11.0. The van der Waals surface area contributed by atoms with E-state index in [1.807, 2.05) is 0 Å². The van der Waals surface area contributed by atoms with E-state index in [9.17, 15) is 0 Å². The number of hydrogen-bond donors (Lipinski definition) is 0. The fourth-order valence-electron chi connectivity index (χ4n) is 7.39. The van der Waals surface area contributed by atoms with Crippen molar-refractivity contribution in [3.8, 4) is 5.75 Å². The van der Waals surface area contributed by atoms with Crippen LogP contribution in [0.2, 0.25) is 0 Å². The third kappa shape index (κ3) is 4.07. The molecule has 2 fully saturated rings. The van der Waals surface area contributed by atoms with Crippen LogP contribution >= 0.6 is 0 Å². The lowest BCUT2D eigenvalue weighted by Crippen LogP contribution is -2.44. The van der Waals surface area contributed by atoms with Crippen LogP contribution in [0.5, 0.6) is 5.75 Å². The molecule has 176 valence electrons. The Labute approximate surface area is 204 Å². The van der Waals surface area contributed by atoms with Crippen molar-refractivity contribution in [2.75, 3.05) is 0 Å². The van der Waals surface area contributed by atoms with Crippen LogP contribution in [0.1, 0.15) is 67.2 Å². The second-order valence-electron chi connectivity index (χ2n) is 11.0. The van der Waals surface area contributed by atoms with Gasteiger partial charge in [-0.15, -0.1) is 0 Å². The monoisotopic (exact) mass is 452 g/mol. The fraction of sp³-hybridized carbons (Fsp3) is 0.438. The Bertz CT molecular complexity index is 1110. The van der Waals surface area contributed by atoms with Gasteiger partial charge in [0.05, 0.1) is 12.7 Å². The van der Waals surface area contributed by atoms with Gasteiger partial charge in [-0.05, 0) is 96.1 Å². The van der Waals surface area contributed by atoms with Crippen LogP contribution < -0.4 is 4.74 Å². The van der Waals surface area contributed by atoms with E-state index in [1.165, 1.54) is 55.2 Å². The highest BCUT2D eigenvalue weighted by Gasteiger charge is 2.55. The first-order valence-corrected chi connectivity index (χ1v) is 13.2. The van der Waals surface area contributed by atoms with E-state index in [0.717, 1.165) is 24.2 Å². The number of ether oxygens (including phenoxy) is 2. The minimum absolute atomic E-state index is 0.326. The van der Waals surface area contributed by atoms with Gasteiger partial charge in [-0.1, -0.05) is 73.7 Å². The third-order valence-corrected chi connectivity index (χ3v) is 9.15. The molecule has 0 amide bonds. The molecule has 3 aliphatic rings. The average Bonchev–Trinajstić information content (AvgIpc) is 3.23. The first-order valence-electron chi connectivity index (χ1n) is 13.2. The SMILES string of the molecule is C[C@]12CC[C@@H]3c4ccc(OCc5ccccc5)cc4CC[C@H]3[C@@H]1CC[C@@H]2OCc1ccccc1. The Morgan fingerprint density at radius 2 is 1.53 bits per heavy atom. The van der Waals surface area contributed by atoms with Gasteiger partial charge in [-0.2, -0.15) is 0 Å². The van der Waals surface area contributed by atoms with E-state index in [-0.39, 0.29) is 0 Å². The zero-order chi connectivity index (χ0) is 23.0. The molecular formula is C32H36O2. The van der Waals surface area contributed by atoms with Crippen LogP contribution in [0.4, 0.5) is 0 Å². The molecule has 0 saturated heterocycles. The third-order valence-electron chi connectivity index (χ3n) is 9.15. The van der Waals surface area contributed by atoms with E-state index >= 15 is 0 Å². The summed E-state index contributed by atoms with van der Waals surface area (Å²) in [7, 11) is 0. The smallest absolute Gasteiger partial charge is 0.120 e. The molecule has 2 nitrogen and oxygen atoms in total. The Kier molecular flexibility index (Phi) is 5.95. The molecule has 2 heteroatoms. The standard InChI is InChI=1S/C32H36O2/c1-32-19-18-28-27-15-13-26(33-21-23-8-4-2-5-9-23)20-25(27)12-14-29(28)30(32)16-17-31(32)34-22-24-10-6-3-7-11-24/h2-11,13,15,20,28-31H,12,14,16-19,21-22H2,1H3/t28-,29-,30+,31+,32+/m1/s1. The number of aryl methyl sites for hydroxylation is 1. The number of hydrogen-bond acceptors (Lipinski definition) is 2. The Morgan fingerprint density at radius 3 is 2.29 bits per heavy atom. The highest BCUT2D eigenvalue weighted by atomic mass is 16.5. The van der Waals surface area contributed by atoms with E-state index in [4.69, 9.17) is 9.47 Å². The molecule has 0 aliphatic heterocycles. The van der Waals surface area contributed by atoms with Crippen LogP contribution in [-0.2, 0) is 24.4 Å². The number of fused-ring (bicyclic) bond motifs is 5. The summed E-state index contributed by atoms with van der Waals surface area (Å²) in [6.07, 6.45) is 8.01. The van der Waals surface area contributed by atoms with Crippen LogP contribution in [0.15, 0.2) is 78.9 Å².